The molecule has 2 aliphatic heterocycles. The Kier molecular flexibility index (Phi) is 8.34. The van der Waals surface area contributed by atoms with Crippen molar-refractivity contribution < 1.29 is 14.3 Å². The number of carbonyl (C=O) groups is 2. The molecule has 0 N–H and O–H groups in total. The molecule has 7 nitrogen and oxygen atoms in total. The van der Waals surface area contributed by atoms with Crippen molar-refractivity contribution in [3.05, 3.63) is 0 Å². The zero-order valence-corrected chi connectivity index (χ0v) is 15.7. The Bertz CT molecular complexity index is 475. The first kappa shape index (κ1) is 19.8. The summed E-state index contributed by atoms with van der Waals surface area (Å²) in [7, 11) is 1.62. The van der Waals surface area contributed by atoms with Crippen molar-refractivity contribution in [2.24, 2.45) is 5.10 Å². The minimum Gasteiger partial charge on any atom is -0.379 e. The molecule has 0 bridgehead atoms. The third-order valence-electron chi connectivity index (χ3n) is 4.81. The van der Waals surface area contributed by atoms with Crippen LogP contribution in [0.2, 0.25) is 0 Å². The molecule has 7 heteroatoms. The van der Waals surface area contributed by atoms with Crippen molar-refractivity contribution in [2.45, 2.75) is 45.4 Å². The number of nitrogens with zero attached hydrogens (tertiary/aromatic N) is 4. The molecular formula is C18H32N4O3. The van der Waals surface area contributed by atoms with E-state index in [0.29, 0.717) is 25.1 Å². The Morgan fingerprint density at radius 3 is 2.60 bits per heavy atom. The van der Waals surface area contributed by atoms with Crippen LogP contribution in [0.5, 0.6) is 0 Å². The van der Waals surface area contributed by atoms with Crippen LogP contribution in [0.15, 0.2) is 5.10 Å². The van der Waals surface area contributed by atoms with Crippen molar-refractivity contribution in [2.75, 3.05) is 53.0 Å². The molecule has 2 aliphatic rings. The maximum Gasteiger partial charge on any atom is 0.270 e. The fourth-order valence-corrected chi connectivity index (χ4v) is 3.14. The van der Waals surface area contributed by atoms with E-state index in [1.54, 1.807) is 7.05 Å². The standard InChI is InChI=1S/C18H32N4O3/c1-3-4-5-6-9-22(11-10-21-12-14-25-15-13-21)18(24)16-7-8-17(23)20(2)19-16/h3-15H2,1-2H3. The molecule has 0 aromatic rings. The summed E-state index contributed by atoms with van der Waals surface area (Å²) in [5.41, 5.74) is 0.513. The first-order chi connectivity index (χ1) is 12.1. The highest BCUT2D eigenvalue weighted by atomic mass is 16.5. The van der Waals surface area contributed by atoms with Gasteiger partial charge in [-0.2, -0.15) is 5.10 Å². The summed E-state index contributed by atoms with van der Waals surface area (Å²) in [4.78, 5) is 28.8. The number of carbonyl (C=O) groups excluding carboxylic acids is 2. The molecule has 1 fully saturated rings. The molecule has 2 rings (SSSR count). The Labute approximate surface area is 151 Å². The normalized spacial score (nSPS) is 19.0. The monoisotopic (exact) mass is 352 g/mol. The predicted octanol–water partition coefficient (Wildman–Crippen LogP) is 1.34. The van der Waals surface area contributed by atoms with Gasteiger partial charge in [-0.05, 0) is 6.42 Å². The molecule has 25 heavy (non-hydrogen) atoms. The van der Waals surface area contributed by atoms with E-state index in [-0.39, 0.29) is 11.8 Å². The highest BCUT2D eigenvalue weighted by Crippen LogP contribution is 2.11. The lowest BCUT2D eigenvalue weighted by Crippen LogP contribution is -2.46. The van der Waals surface area contributed by atoms with E-state index < -0.39 is 0 Å². The number of hydrogen-bond acceptors (Lipinski definition) is 5. The Morgan fingerprint density at radius 2 is 1.92 bits per heavy atom. The van der Waals surface area contributed by atoms with Gasteiger partial charge in [-0.1, -0.05) is 26.2 Å². The van der Waals surface area contributed by atoms with Gasteiger partial charge in [-0.3, -0.25) is 14.5 Å². The second-order valence-corrected chi connectivity index (χ2v) is 6.77. The largest absolute Gasteiger partial charge is 0.379 e. The van der Waals surface area contributed by atoms with Gasteiger partial charge in [0.05, 0.1) is 13.2 Å². The molecule has 0 saturated carbocycles. The molecule has 142 valence electrons. The van der Waals surface area contributed by atoms with Crippen molar-refractivity contribution in [3.63, 3.8) is 0 Å². The third kappa shape index (κ3) is 6.40. The molecule has 2 amide bonds. The van der Waals surface area contributed by atoms with E-state index >= 15 is 0 Å². The van der Waals surface area contributed by atoms with Crippen LogP contribution in [-0.4, -0.2) is 85.3 Å². The van der Waals surface area contributed by atoms with Gasteiger partial charge in [0.1, 0.15) is 5.71 Å². The molecule has 0 aromatic carbocycles. The molecule has 0 radical (unpaired) electrons. The van der Waals surface area contributed by atoms with E-state index in [4.69, 9.17) is 4.74 Å². The topological polar surface area (TPSA) is 65.5 Å². The highest BCUT2D eigenvalue weighted by molar-refractivity contribution is 6.39. The molecular weight excluding hydrogens is 320 g/mol. The second-order valence-electron chi connectivity index (χ2n) is 6.77. The predicted molar refractivity (Wildman–Crippen MR) is 97.4 cm³/mol. The van der Waals surface area contributed by atoms with Gasteiger partial charge in [0.2, 0.25) is 5.91 Å². The number of hydrazone groups is 1. The van der Waals surface area contributed by atoms with Crippen molar-refractivity contribution >= 4 is 17.5 Å². The van der Waals surface area contributed by atoms with Gasteiger partial charge in [-0.15, -0.1) is 0 Å². The van der Waals surface area contributed by atoms with Crippen LogP contribution in [0.1, 0.15) is 45.4 Å². The molecule has 0 spiro atoms. The first-order valence-electron chi connectivity index (χ1n) is 9.55. The fourth-order valence-electron chi connectivity index (χ4n) is 3.14. The molecule has 0 unspecified atom stereocenters. The van der Waals surface area contributed by atoms with Crippen LogP contribution < -0.4 is 0 Å². The van der Waals surface area contributed by atoms with Crippen molar-refractivity contribution in [1.29, 1.82) is 0 Å². The lowest BCUT2D eigenvalue weighted by molar-refractivity contribution is -0.130. The van der Waals surface area contributed by atoms with Crippen LogP contribution in [0.3, 0.4) is 0 Å². The minimum absolute atomic E-state index is 0.0101. The summed E-state index contributed by atoms with van der Waals surface area (Å²) in [6, 6.07) is 0. The Hall–Kier alpha value is -1.47. The van der Waals surface area contributed by atoms with Crippen molar-refractivity contribution in [3.8, 4) is 0 Å². The van der Waals surface area contributed by atoms with Gasteiger partial charge < -0.3 is 9.64 Å². The Morgan fingerprint density at radius 1 is 1.16 bits per heavy atom. The van der Waals surface area contributed by atoms with Gasteiger partial charge in [0.15, 0.2) is 0 Å². The number of hydrogen-bond donors (Lipinski definition) is 0. The fraction of sp³-hybridized carbons (Fsp3) is 0.833. The van der Waals surface area contributed by atoms with E-state index in [2.05, 4.69) is 16.9 Å². The number of ether oxygens (including phenoxy) is 1. The molecule has 0 aromatic heterocycles. The molecule has 2 heterocycles. The van der Waals surface area contributed by atoms with Crippen LogP contribution in [-0.2, 0) is 14.3 Å². The number of amides is 2. The molecule has 0 aliphatic carbocycles. The van der Waals surface area contributed by atoms with Crippen LogP contribution in [0.25, 0.3) is 0 Å². The summed E-state index contributed by atoms with van der Waals surface area (Å²) in [5, 5.41) is 5.50. The number of rotatable bonds is 9. The summed E-state index contributed by atoms with van der Waals surface area (Å²) in [5.74, 6) is -0.0385. The summed E-state index contributed by atoms with van der Waals surface area (Å²) >= 11 is 0. The zero-order valence-electron chi connectivity index (χ0n) is 15.7. The number of morpholine rings is 1. The first-order valence-corrected chi connectivity index (χ1v) is 9.55. The quantitative estimate of drug-likeness (QED) is 0.587. The minimum atomic E-state index is -0.0284. The average Bonchev–Trinajstić information content (AvgIpc) is 2.63. The van der Waals surface area contributed by atoms with Crippen molar-refractivity contribution in [1.82, 2.24) is 14.8 Å². The summed E-state index contributed by atoms with van der Waals surface area (Å²) in [6.45, 7) is 7.91. The molecule has 1 saturated heterocycles. The smallest absolute Gasteiger partial charge is 0.270 e. The highest BCUT2D eigenvalue weighted by Gasteiger charge is 2.26. The molecule has 0 atom stereocenters. The van der Waals surface area contributed by atoms with Crippen LogP contribution in [0, 0.1) is 0 Å². The summed E-state index contributed by atoms with van der Waals surface area (Å²) in [6.07, 6.45) is 5.36. The maximum absolute atomic E-state index is 12.9. The van der Waals surface area contributed by atoms with Crippen LogP contribution in [0.4, 0.5) is 0 Å². The van der Waals surface area contributed by atoms with E-state index in [9.17, 15) is 9.59 Å². The van der Waals surface area contributed by atoms with E-state index in [1.165, 1.54) is 17.9 Å². The van der Waals surface area contributed by atoms with E-state index in [1.807, 2.05) is 4.90 Å². The second kappa shape index (κ2) is 10.5. The maximum atomic E-state index is 12.9. The van der Waals surface area contributed by atoms with E-state index in [0.717, 1.165) is 52.2 Å². The van der Waals surface area contributed by atoms with Gasteiger partial charge in [0, 0.05) is 52.6 Å². The average molecular weight is 352 g/mol. The SMILES string of the molecule is CCCCCCN(CCN1CCOCC1)C(=O)C1=NN(C)C(=O)CC1. The lowest BCUT2D eigenvalue weighted by atomic mass is 10.1. The zero-order chi connectivity index (χ0) is 18.1. The van der Waals surface area contributed by atoms with Gasteiger partial charge >= 0.3 is 0 Å². The van der Waals surface area contributed by atoms with Crippen LogP contribution >= 0.6 is 0 Å². The number of unbranched alkanes of at least 4 members (excludes halogenated alkanes) is 3. The van der Waals surface area contributed by atoms with Gasteiger partial charge in [0.25, 0.3) is 5.91 Å². The van der Waals surface area contributed by atoms with Gasteiger partial charge in [-0.25, -0.2) is 5.01 Å². The Balaban J connectivity index is 1.92. The summed E-state index contributed by atoms with van der Waals surface area (Å²) < 4.78 is 5.38. The lowest BCUT2D eigenvalue weighted by Gasteiger charge is -2.31. The third-order valence-corrected chi connectivity index (χ3v) is 4.81.